The summed E-state index contributed by atoms with van der Waals surface area (Å²) in [6.45, 7) is 0. The molecule has 0 N–H and O–H groups in total. The molecular weight excluding hydrogens is 363 g/mol. The van der Waals surface area contributed by atoms with Gasteiger partial charge in [-0.15, -0.1) is 11.3 Å². The predicted octanol–water partition coefficient (Wildman–Crippen LogP) is 6.69. The van der Waals surface area contributed by atoms with Gasteiger partial charge in [-0.1, -0.05) is 69.5 Å². The molecule has 1 unspecified atom stereocenters. The first-order valence-corrected chi connectivity index (χ1v) is 8.22. The van der Waals surface area contributed by atoms with E-state index in [1.165, 1.54) is 15.8 Å². The van der Waals surface area contributed by atoms with Crippen molar-refractivity contribution in [3.8, 4) is 0 Å². The molecule has 0 saturated heterocycles. The van der Waals surface area contributed by atoms with Crippen LogP contribution in [0.15, 0.2) is 48.5 Å². The fraction of sp³-hybridized carbons (Fsp3) is 0.0667. The average Bonchev–Trinajstić information content (AvgIpc) is 2.86. The molecule has 0 radical (unpaired) electrons. The van der Waals surface area contributed by atoms with Gasteiger partial charge in [-0.3, -0.25) is 0 Å². The zero-order valence-corrected chi connectivity index (χ0v) is 13.7. The van der Waals surface area contributed by atoms with Crippen LogP contribution in [0.1, 0.15) is 15.3 Å². The van der Waals surface area contributed by atoms with Crippen LogP contribution in [0.25, 0.3) is 10.8 Å². The lowest BCUT2D eigenvalue weighted by molar-refractivity contribution is 1.25. The van der Waals surface area contributed by atoms with Gasteiger partial charge in [0.15, 0.2) is 0 Å². The zero-order valence-electron chi connectivity index (χ0n) is 9.74. The molecule has 0 aliphatic heterocycles. The summed E-state index contributed by atoms with van der Waals surface area (Å²) in [4.78, 5) is 1.32. The van der Waals surface area contributed by atoms with Gasteiger partial charge in [-0.25, -0.2) is 0 Å². The van der Waals surface area contributed by atoms with Gasteiger partial charge in [0.05, 0.1) is 9.16 Å². The highest BCUT2D eigenvalue weighted by Crippen LogP contribution is 2.40. The molecule has 1 atom stereocenters. The number of hydrogen-bond acceptors (Lipinski definition) is 1. The van der Waals surface area contributed by atoms with Gasteiger partial charge in [0, 0.05) is 15.3 Å². The molecule has 3 aromatic rings. The maximum atomic E-state index is 6.25. The fourth-order valence-corrected chi connectivity index (χ4v) is 4.24. The Hall–Kier alpha value is -0.540. The summed E-state index contributed by atoms with van der Waals surface area (Å²) >= 11 is 17.6. The minimum Gasteiger partial charge on any atom is -0.127 e. The van der Waals surface area contributed by atoms with E-state index in [4.69, 9.17) is 23.2 Å². The van der Waals surface area contributed by atoms with Crippen molar-refractivity contribution in [1.82, 2.24) is 0 Å². The molecule has 3 rings (SSSR count). The molecule has 2 aromatic carbocycles. The smallest absolute Gasteiger partial charge is 0.0931 e. The quantitative estimate of drug-likeness (QED) is 0.440. The normalized spacial score (nSPS) is 12.8. The van der Waals surface area contributed by atoms with Gasteiger partial charge in [-0.05, 0) is 29.1 Å². The van der Waals surface area contributed by atoms with Crippen molar-refractivity contribution in [3.05, 3.63) is 68.3 Å². The van der Waals surface area contributed by atoms with Crippen LogP contribution in [0.4, 0.5) is 0 Å². The van der Waals surface area contributed by atoms with Crippen molar-refractivity contribution in [2.45, 2.75) is 4.83 Å². The third-order valence-corrected chi connectivity index (χ3v) is 5.94. The predicted molar refractivity (Wildman–Crippen MR) is 89.1 cm³/mol. The molecule has 1 heterocycles. The molecule has 0 amide bonds. The minimum atomic E-state index is 0.132. The highest BCUT2D eigenvalue weighted by molar-refractivity contribution is 9.09. The van der Waals surface area contributed by atoms with Crippen molar-refractivity contribution >= 4 is 61.2 Å². The molecular formula is C15H9BrCl2S. The molecule has 4 heteroatoms. The Kier molecular flexibility index (Phi) is 3.86. The Bertz CT molecular complexity index is 736. The standard InChI is InChI=1S/C15H9BrCl2S/c16-15(13-7-8-14(18)19-13)11-5-6-12(17)10-4-2-1-3-9(10)11/h1-8,15H. The van der Waals surface area contributed by atoms with E-state index in [0.29, 0.717) is 0 Å². The number of alkyl halides is 1. The van der Waals surface area contributed by atoms with Crippen molar-refractivity contribution in [2.75, 3.05) is 0 Å². The van der Waals surface area contributed by atoms with Crippen LogP contribution in [0, 0.1) is 0 Å². The summed E-state index contributed by atoms with van der Waals surface area (Å²) < 4.78 is 0.803. The Morgan fingerprint density at radius 2 is 1.63 bits per heavy atom. The van der Waals surface area contributed by atoms with E-state index in [1.807, 2.05) is 30.3 Å². The first kappa shape index (κ1) is 13.4. The summed E-state index contributed by atoms with van der Waals surface area (Å²) in [5.74, 6) is 0. The van der Waals surface area contributed by atoms with Crippen molar-refractivity contribution in [3.63, 3.8) is 0 Å². The summed E-state index contributed by atoms with van der Waals surface area (Å²) in [6.07, 6.45) is 0. The lowest BCUT2D eigenvalue weighted by Gasteiger charge is -2.12. The SMILES string of the molecule is Clc1ccc(C(Br)c2ccc(Cl)c3ccccc23)s1. The maximum absolute atomic E-state index is 6.25. The molecule has 0 aliphatic carbocycles. The molecule has 0 spiro atoms. The lowest BCUT2D eigenvalue weighted by Crippen LogP contribution is -1.91. The van der Waals surface area contributed by atoms with E-state index in [0.717, 1.165) is 14.7 Å². The molecule has 19 heavy (non-hydrogen) atoms. The van der Waals surface area contributed by atoms with E-state index >= 15 is 0 Å². The second-order valence-electron chi connectivity index (χ2n) is 4.19. The van der Waals surface area contributed by atoms with E-state index < -0.39 is 0 Å². The van der Waals surface area contributed by atoms with E-state index in [2.05, 4.69) is 34.1 Å². The highest BCUT2D eigenvalue weighted by atomic mass is 79.9. The second kappa shape index (κ2) is 5.45. The van der Waals surface area contributed by atoms with E-state index in [1.54, 1.807) is 11.3 Å². The second-order valence-corrected chi connectivity index (χ2v) is 7.26. The highest BCUT2D eigenvalue weighted by Gasteiger charge is 2.16. The third-order valence-electron chi connectivity index (χ3n) is 3.02. The summed E-state index contributed by atoms with van der Waals surface area (Å²) in [6, 6.07) is 16.2. The fourth-order valence-electron chi connectivity index (χ4n) is 2.12. The molecule has 0 bridgehead atoms. The van der Waals surface area contributed by atoms with Crippen LogP contribution in [0.5, 0.6) is 0 Å². The number of thiophene rings is 1. The van der Waals surface area contributed by atoms with Gasteiger partial charge in [0.25, 0.3) is 0 Å². The Morgan fingerprint density at radius 3 is 2.32 bits per heavy atom. The van der Waals surface area contributed by atoms with Gasteiger partial charge in [0.2, 0.25) is 0 Å². The number of hydrogen-bond donors (Lipinski definition) is 0. The van der Waals surface area contributed by atoms with Crippen LogP contribution >= 0.6 is 50.5 Å². The van der Waals surface area contributed by atoms with E-state index in [-0.39, 0.29) is 4.83 Å². The molecule has 0 fully saturated rings. The van der Waals surface area contributed by atoms with Gasteiger partial charge >= 0.3 is 0 Å². The Balaban J connectivity index is 2.18. The number of benzene rings is 2. The summed E-state index contributed by atoms with van der Waals surface area (Å²) in [7, 11) is 0. The van der Waals surface area contributed by atoms with Crippen LogP contribution in [0.2, 0.25) is 9.36 Å². The summed E-state index contributed by atoms with van der Waals surface area (Å²) in [5, 5.41) is 3.03. The van der Waals surface area contributed by atoms with Crippen LogP contribution < -0.4 is 0 Å². The number of rotatable bonds is 2. The van der Waals surface area contributed by atoms with Gasteiger partial charge in [-0.2, -0.15) is 0 Å². The topological polar surface area (TPSA) is 0 Å². The average molecular weight is 372 g/mol. The van der Waals surface area contributed by atoms with Gasteiger partial charge < -0.3 is 0 Å². The maximum Gasteiger partial charge on any atom is 0.0931 e. The zero-order chi connectivity index (χ0) is 13.4. The molecule has 0 aliphatic rings. The number of halogens is 3. The van der Waals surface area contributed by atoms with Gasteiger partial charge in [0.1, 0.15) is 0 Å². The van der Waals surface area contributed by atoms with Crippen molar-refractivity contribution < 1.29 is 0 Å². The Labute approximate surface area is 134 Å². The third kappa shape index (κ3) is 2.55. The summed E-state index contributed by atoms with van der Waals surface area (Å²) in [5.41, 5.74) is 1.21. The van der Waals surface area contributed by atoms with Crippen LogP contribution in [0.3, 0.4) is 0 Å². The largest absolute Gasteiger partial charge is 0.127 e. The molecule has 0 saturated carbocycles. The monoisotopic (exact) mass is 370 g/mol. The van der Waals surface area contributed by atoms with Crippen LogP contribution in [-0.2, 0) is 0 Å². The Morgan fingerprint density at radius 1 is 0.895 bits per heavy atom. The molecule has 96 valence electrons. The molecule has 0 nitrogen and oxygen atoms in total. The number of fused-ring (bicyclic) bond motifs is 1. The van der Waals surface area contributed by atoms with Crippen LogP contribution in [-0.4, -0.2) is 0 Å². The first-order valence-electron chi connectivity index (χ1n) is 5.73. The lowest BCUT2D eigenvalue weighted by atomic mass is 10.0. The first-order chi connectivity index (χ1) is 9.16. The molecule has 1 aromatic heterocycles. The minimum absolute atomic E-state index is 0.132. The van der Waals surface area contributed by atoms with E-state index in [9.17, 15) is 0 Å². The van der Waals surface area contributed by atoms with Crippen molar-refractivity contribution in [2.24, 2.45) is 0 Å². The van der Waals surface area contributed by atoms with Crippen molar-refractivity contribution in [1.29, 1.82) is 0 Å².